The average Bonchev–Trinajstić information content (AvgIpc) is 3.57. The number of ether oxygens (including phenoxy) is 1. The Morgan fingerprint density at radius 1 is 1.00 bits per heavy atom. The van der Waals surface area contributed by atoms with E-state index in [0.29, 0.717) is 37.2 Å². The molecule has 7 fully saturated rings. The molecule has 2 aliphatic heterocycles. The SMILES string of the molecule is CCCC1CCC2OC3C(C(O)CCCC3(O)C(C)(O)C3CCC4(O)C5=C(NCC(C)O)C(=O)C6C7CCC8C(C9=CNC(N)C=C9)C=CC(O)(CC34C)C5C86CC(O)C7O)C2CC1. The van der Waals surface area contributed by atoms with E-state index in [1.807, 2.05) is 37.4 Å². The third kappa shape index (κ3) is 6.19. The van der Waals surface area contributed by atoms with Crippen molar-refractivity contribution in [1.82, 2.24) is 10.6 Å². The first-order chi connectivity index (χ1) is 30.3. The van der Waals surface area contributed by atoms with Crippen LogP contribution in [0.1, 0.15) is 124 Å². The molecule has 0 amide bonds. The molecule has 22 unspecified atom stereocenters. The van der Waals surface area contributed by atoms with Gasteiger partial charge in [-0.05, 0) is 143 Å². The lowest BCUT2D eigenvalue weighted by Gasteiger charge is -2.70. The van der Waals surface area contributed by atoms with Crippen molar-refractivity contribution in [2.24, 2.45) is 69.8 Å². The first-order valence-electron chi connectivity index (χ1n) is 25.2. The van der Waals surface area contributed by atoms with Gasteiger partial charge in [-0.3, -0.25) is 4.79 Å². The summed E-state index contributed by atoms with van der Waals surface area (Å²) in [4.78, 5) is 15.7. The number of hydrogen-bond donors (Lipinski definition) is 11. The number of aliphatic hydroxyl groups excluding tert-OH is 4. The van der Waals surface area contributed by atoms with Crippen LogP contribution in [0.3, 0.4) is 0 Å². The summed E-state index contributed by atoms with van der Waals surface area (Å²) in [5.74, 6) is -3.74. The predicted octanol–water partition coefficient (Wildman–Crippen LogP) is 2.98. The fourth-order valence-corrected chi connectivity index (χ4v) is 17.6. The molecular weight excluding hydrogens is 815 g/mol. The number of carbonyl (C=O) groups is 1. The summed E-state index contributed by atoms with van der Waals surface area (Å²) in [5.41, 5.74) is -2.08. The zero-order valence-electron chi connectivity index (χ0n) is 38.4. The van der Waals surface area contributed by atoms with E-state index in [-0.39, 0.29) is 86.1 Å². The minimum atomic E-state index is -1.90. The van der Waals surface area contributed by atoms with Gasteiger partial charge < -0.3 is 62.0 Å². The lowest BCUT2D eigenvalue weighted by molar-refractivity contribution is -0.268. The Kier molecular flexibility index (Phi) is 11.2. The van der Waals surface area contributed by atoms with Gasteiger partial charge in [-0.25, -0.2) is 0 Å². The number of ketones is 1. The number of aliphatic hydroxyl groups is 8. The molecule has 22 atom stereocenters. The van der Waals surface area contributed by atoms with Crippen LogP contribution in [0.5, 0.6) is 0 Å². The summed E-state index contributed by atoms with van der Waals surface area (Å²) in [5, 5.41) is 108. The number of nitrogens with one attached hydrogen (secondary N) is 2. The van der Waals surface area contributed by atoms with Crippen LogP contribution >= 0.6 is 0 Å². The van der Waals surface area contributed by atoms with Gasteiger partial charge in [-0.1, -0.05) is 51.3 Å². The number of nitrogens with two attached hydrogens (primary N) is 1. The number of hydrogen-bond acceptors (Lipinski definition) is 13. The summed E-state index contributed by atoms with van der Waals surface area (Å²) in [7, 11) is 0. The third-order valence-corrected chi connectivity index (χ3v) is 20.2. The molecule has 1 saturated heterocycles. The Bertz CT molecular complexity index is 1990. The fraction of sp³-hybridized carbons (Fsp3) is 0.824. The predicted molar refractivity (Wildman–Crippen MR) is 238 cm³/mol. The van der Waals surface area contributed by atoms with Gasteiger partial charge >= 0.3 is 0 Å². The molecule has 356 valence electrons. The maximum absolute atomic E-state index is 15.7. The summed E-state index contributed by atoms with van der Waals surface area (Å²) >= 11 is 0. The van der Waals surface area contributed by atoms with Gasteiger partial charge in [0.2, 0.25) is 0 Å². The van der Waals surface area contributed by atoms with E-state index in [2.05, 4.69) is 17.6 Å². The van der Waals surface area contributed by atoms with Crippen molar-refractivity contribution in [3.05, 3.63) is 47.3 Å². The molecule has 0 radical (unpaired) electrons. The van der Waals surface area contributed by atoms with Crippen LogP contribution < -0.4 is 16.4 Å². The Morgan fingerprint density at radius 3 is 2.47 bits per heavy atom. The molecular formula is C51H77N3O10. The molecule has 2 bridgehead atoms. The Morgan fingerprint density at radius 2 is 1.75 bits per heavy atom. The molecule has 10 rings (SSSR count). The molecule has 64 heavy (non-hydrogen) atoms. The van der Waals surface area contributed by atoms with Gasteiger partial charge in [0.25, 0.3) is 0 Å². The highest BCUT2D eigenvalue weighted by Gasteiger charge is 2.80. The van der Waals surface area contributed by atoms with Crippen molar-refractivity contribution in [2.75, 3.05) is 6.54 Å². The molecule has 2 heterocycles. The van der Waals surface area contributed by atoms with Crippen LogP contribution in [0.15, 0.2) is 47.3 Å². The maximum atomic E-state index is 15.7. The molecule has 13 heteroatoms. The van der Waals surface area contributed by atoms with Crippen LogP contribution in [0.2, 0.25) is 0 Å². The molecule has 6 saturated carbocycles. The highest BCUT2D eigenvalue weighted by molar-refractivity contribution is 6.00. The lowest BCUT2D eigenvalue weighted by atomic mass is 9.35. The van der Waals surface area contributed by atoms with E-state index < -0.39 is 87.4 Å². The second kappa shape index (κ2) is 15.7. The van der Waals surface area contributed by atoms with Crippen LogP contribution in [0.25, 0.3) is 0 Å². The second-order valence-electron chi connectivity index (χ2n) is 23.3. The van der Waals surface area contributed by atoms with Gasteiger partial charge in [0, 0.05) is 41.8 Å². The summed E-state index contributed by atoms with van der Waals surface area (Å²) in [6.45, 7) is 7.40. The number of Topliss-reactive ketones (excluding diaryl/α,β-unsaturated/α-hetero) is 1. The van der Waals surface area contributed by atoms with E-state index in [9.17, 15) is 40.9 Å². The van der Waals surface area contributed by atoms with Gasteiger partial charge in [0.05, 0.1) is 65.3 Å². The maximum Gasteiger partial charge on any atom is 0.182 e. The molecule has 12 N–H and O–H groups in total. The zero-order valence-corrected chi connectivity index (χ0v) is 38.4. The van der Waals surface area contributed by atoms with E-state index in [1.54, 1.807) is 13.8 Å². The lowest BCUT2D eigenvalue weighted by Crippen LogP contribution is -2.75. The van der Waals surface area contributed by atoms with Gasteiger partial charge in [0.15, 0.2) is 5.78 Å². The highest BCUT2D eigenvalue weighted by atomic mass is 16.5. The minimum Gasteiger partial charge on any atom is -0.393 e. The quantitative estimate of drug-likeness (QED) is 0.158. The van der Waals surface area contributed by atoms with Crippen molar-refractivity contribution < 1.29 is 50.4 Å². The Labute approximate surface area is 378 Å². The molecule has 13 nitrogen and oxygen atoms in total. The number of rotatable bonds is 8. The van der Waals surface area contributed by atoms with Crippen molar-refractivity contribution >= 4 is 5.78 Å². The average molecular weight is 892 g/mol. The first kappa shape index (κ1) is 45.6. The molecule has 1 spiro atoms. The van der Waals surface area contributed by atoms with Crippen LogP contribution in [-0.2, 0) is 9.53 Å². The molecule has 0 aromatic heterocycles. The summed E-state index contributed by atoms with van der Waals surface area (Å²) < 4.78 is 6.99. The topological polar surface area (TPSA) is 238 Å². The number of dihydropyridines is 1. The fourth-order valence-electron chi connectivity index (χ4n) is 17.6. The summed E-state index contributed by atoms with van der Waals surface area (Å²) in [6.07, 6.45) is 13.1. The molecule has 10 aliphatic rings. The smallest absolute Gasteiger partial charge is 0.182 e. The second-order valence-corrected chi connectivity index (χ2v) is 23.3. The minimum absolute atomic E-state index is 0.00523. The Balaban J connectivity index is 1.12. The largest absolute Gasteiger partial charge is 0.393 e. The van der Waals surface area contributed by atoms with E-state index in [0.717, 1.165) is 44.1 Å². The van der Waals surface area contributed by atoms with E-state index in [1.165, 1.54) is 0 Å². The third-order valence-electron chi connectivity index (χ3n) is 20.2. The molecule has 0 aromatic rings. The number of allylic oxidation sites excluding steroid dienone is 4. The monoisotopic (exact) mass is 892 g/mol. The van der Waals surface area contributed by atoms with Gasteiger partial charge in [-0.2, -0.15) is 0 Å². The molecule has 8 aliphatic carbocycles. The normalized spacial score (nSPS) is 53.0. The standard InChI is InChI=1S/C51H77N3O10/c1-5-7-27-9-12-30-35(15-10-27)64-45-38(30)33(56)8-6-19-51(45,63)47(4,60)36-18-21-50(62)40-41(54-23-26(2)55)43(59)39-31-13-14-32-29(28-11-16-37(52)53-24-28)17-20-48(61,25-46(36,50)3)44(40)49(32,39)22-34(57)42(31)58/h11,16-17,20,24,26-27,29-39,42,44-45,53-58,60-63H,5-10,12-15,18-19,21-23,25,52H2,1-4H3. The summed E-state index contributed by atoms with van der Waals surface area (Å²) in [6, 6.07) is 0. The molecule has 0 aromatic carbocycles. The highest BCUT2D eigenvalue weighted by Crippen LogP contribution is 2.77. The van der Waals surface area contributed by atoms with E-state index in [4.69, 9.17) is 10.5 Å². The van der Waals surface area contributed by atoms with Crippen LogP contribution in [0.4, 0.5) is 0 Å². The van der Waals surface area contributed by atoms with Crippen molar-refractivity contribution in [2.45, 2.75) is 189 Å². The van der Waals surface area contributed by atoms with Gasteiger partial charge in [0.1, 0.15) is 5.60 Å². The number of carbonyl (C=O) groups excluding carboxylic acids is 1. The number of fused-ring (bicyclic) bond motifs is 5. The van der Waals surface area contributed by atoms with Crippen molar-refractivity contribution in [1.29, 1.82) is 0 Å². The van der Waals surface area contributed by atoms with E-state index >= 15 is 4.79 Å². The van der Waals surface area contributed by atoms with Crippen molar-refractivity contribution in [3.63, 3.8) is 0 Å². The van der Waals surface area contributed by atoms with Gasteiger partial charge in [-0.15, -0.1) is 0 Å². The van der Waals surface area contributed by atoms with Crippen LogP contribution in [-0.4, -0.2) is 118 Å². The van der Waals surface area contributed by atoms with Crippen molar-refractivity contribution in [3.8, 4) is 0 Å². The zero-order chi connectivity index (χ0) is 45.5. The first-order valence-corrected chi connectivity index (χ1v) is 25.2. The van der Waals surface area contributed by atoms with Crippen LogP contribution in [0, 0.1) is 64.1 Å². The Hall–Kier alpha value is -2.17.